The number of aromatic amines is 1. The first-order valence-corrected chi connectivity index (χ1v) is 5.79. The van der Waals surface area contributed by atoms with E-state index in [-0.39, 0.29) is 5.89 Å². The van der Waals surface area contributed by atoms with Crippen molar-refractivity contribution >= 4 is 23.2 Å². The zero-order valence-corrected chi connectivity index (χ0v) is 10.4. The van der Waals surface area contributed by atoms with Crippen molar-refractivity contribution in [2.75, 3.05) is 0 Å². The molecular weight excluding hydrogens is 275 g/mol. The molecule has 0 unspecified atom stereocenters. The van der Waals surface area contributed by atoms with Crippen molar-refractivity contribution in [2.45, 2.75) is 0 Å². The van der Waals surface area contributed by atoms with Crippen LogP contribution < -0.4 is 0 Å². The van der Waals surface area contributed by atoms with Crippen LogP contribution in [-0.2, 0) is 0 Å². The molecule has 0 aliphatic heterocycles. The van der Waals surface area contributed by atoms with Crippen LogP contribution in [-0.4, -0.2) is 20.3 Å². The molecule has 0 spiro atoms. The summed E-state index contributed by atoms with van der Waals surface area (Å²) in [6, 6.07) is 7.13. The fourth-order valence-electron chi connectivity index (χ4n) is 1.46. The van der Waals surface area contributed by atoms with Gasteiger partial charge in [0, 0.05) is 16.8 Å². The Balaban J connectivity index is 1.99. The lowest BCUT2D eigenvalue weighted by Crippen LogP contribution is -1.81. The van der Waals surface area contributed by atoms with Gasteiger partial charge < -0.3 is 4.52 Å². The fourth-order valence-corrected chi connectivity index (χ4v) is 1.76. The van der Waals surface area contributed by atoms with Gasteiger partial charge in [0.2, 0.25) is 5.82 Å². The van der Waals surface area contributed by atoms with E-state index < -0.39 is 0 Å². The van der Waals surface area contributed by atoms with Gasteiger partial charge in [0.25, 0.3) is 5.89 Å². The van der Waals surface area contributed by atoms with Gasteiger partial charge in [-0.05, 0) is 24.3 Å². The molecular formula is C11H6Cl2N4O. The first-order chi connectivity index (χ1) is 8.74. The van der Waals surface area contributed by atoms with Crippen LogP contribution in [0, 0.1) is 0 Å². The van der Waals surface area contributed by atoms with Gasteiger partial charge in [0.1, 0.15) is 0 Å². The summed E-state index contributed by atoms with van der Waals surface area (Å²) in [5.74, 6) is 0.729. The van der Waals surface area contributed by atoms with Crippen molar-refractivity contribution in [1.82, 2.24) is 20.3 Å². The largest absolute Gasteiger partial charge is 0.332 e. The summed E-state index contributed by atoms with van der Waals surface area (Å²) in [7, 11) is 0. The maximum atomic E-state index is 5.91. The maximum absolute atomic E-state index is 5.91. The highest BCUT2D eigenvalue weighted by molar-refractivity contribution is 6.32. The van der Waals surface area contributed by atoms with Crippen LogP contribution in [0.4, 0.5) is 0 Å². The van der Waals surface area contributed by atoms with Crippen molar-refractivity contribution in [1.29, 1.82) is 0 Å². The van der Waals surface area contributed by atoms with Gasteiger partial charge in [-0.25, -0.2) is 0 Å². The Kier molecular flexibility index (Phi) is 2.77. The lowest BCUT2D eigenvalue weighted by molar-refractivity contribution is 0.431. The quantitative estimate of drug-likeness (QED) is 0.781. The van der Waals surface area contributed by atoms with E-state index in [0.717, 1.165) is 5.56 Å². The van der Waals surface area contributed by atoms with Gasteiger partial charge in [0.05, 0.1) is 5.02 Å². The Labute approximate surface area is 112 Å². The monoisotopic (exact) mass is 280 g/mol. The Bertz CT molecular complexity index is 674. The summed E-state index contributed by atoms with van der Waals surface area (Å²) in [5, 5.41) is 11.5. The number of benzene rings is 1. The molecule has 7 heteroatoms. The molecule has 0 bridgehead atoms. The molecule has 0 atom stereocenters. The minimum Gasteiger partial charge on any atom is -0.332 e. The van der Waals surface area contributed by atoms with Gasteiger partial charge in [-0.15, -0.1) is 0 Å². The Morgan fingerprint density at radius 2 is 1.89 bits per heavy atom. The number of hydrogen-bond acceptors (Lipinski definition) is 4. The van der Waals surface area contributed by atoms with Gasteiger partial charge in [-0.1, -0.05) is 28.4 Å². The van der Waals surface area contributed by atoms with E-state index in [1.165, 1.54) is 0 Å². The summed E-state index contributed by atoms with van der Waals surface area (Å²) < 4.78 is 5.11. The van der Waals surface area contributed by atoms with Crippen LogP contribution in [0.2, 0.25) is 10.0 Å². The second-order valence-electron chi connectivity index (χ2n) is 3.51. The molecule has 0 amide bonds. The summed E-state index contributed by atoms with van der Waals surface area (Å²) in [4.78, 5) is 4.23. The van der Waals surface area contributed by atoms with E-state index in [2.05, 4.69) is 20.3 Å². The van der Waals surface area contributed by atoms with Gasteiger partial charge in [-0.3, -0.25) is 5.10 Å². The van der Waals surface area contributed by atoms with Gasteiger partial charge in [0.15, 0.2) is 5.69 Å². The van der Waals surface area contributed by atoms with Crippen molar-refractivity contribution in [2.24, 2.45) is 0 Å². The van der Waals surface area contributed by atoms with Crippen LogP contribution in [0.25, 0.3) is 23.0 Å². The van der Waals surface area contributed by atoms with Gasteiger partial charge in [-0.2, -0.15) is 10.1 Å². The third-order valence-corrected chi connectivity index (χ3v) is 2.86. The Morgan fingerprint density at radius 3 is 2.56 bits per heavy atom. The maximum Gasteiger partial charge on any atom is 0.280 e. The summed E-state index contributed by atoms with van der Waals surface area (Å²) in [6.07, 6.45) is 1.54. The van der Waals surface area contributed by atoms with Crippen molar-refractivity contribution in [3.63, 3.8) is 0 Å². The Morgan fingerprint density at radius 1 is 1.11 bits per heavy atom. The molecule has 18 heavy (non-hydrogen) atoms. The summed E-state index contributed by atoms with van der Waals surface area (Å²) >= 11 is 11.7. The van der Waals surface area contributed by atoms with Crippen LogP contribution in [0.15, 0.2) is 35.0 Å². The molecule has 0 fully saturated rings. The number of aromatic nitrogens is 4. The average Bonchev–Trinajstić information content (AvgIpc) is 2.98. The van der Waals surface area contributed by atoms with Crippen molar-refractivity contribution in [3.05, 3.63) is 40.5 Å². The predicted molar refractivity (Wildman–Crippen MR) is 67.3 cm³/mol. The Hall–Kier alpha value is -1.85. The topological polar surface area (TPSA) is 67.6 Å². The van der Waals surface area contributed by atoms with E-state index in [9.17, 15) is 0 Å². The van der Waals surface area contributed by atoms with E-state index in [1.54, 1.807) is 18.3 Å². The lowest BCUT2D eigenvalue weighted by Gasteiger charge is -1.93. The second-order valence-corrected chi connectivity index (χ2v) is 4.36. The van der Waals surface area contributed by atoms with Gasteiger partial charge >= 0.3 is 0 Å². The molecule has 5 nitrogen and oxygen atoms in total. The van der Waals surface area contributed by atoms with E-state index in [4.69, 9.17) is 27.7 Å². The molecule has 0 radical (unpaired) electrons. The smallest absolute Gasteiger partial charge is 0.280 e. The molecule has 0 aliphatic rings. The molecule has 1 aromatic carbocycles. The number of H-pyrrole nitrogens is 1. The SMILES string of the molecule is Clc1ccc(-c2noc(-c3n[nH]cc3Cl)n2)cc1. The second kappa shape index (κ2) is 4.44. The molecule has 2 aromatic heterocycles. The summed E-state index contributed by atoms with van der Waals surface area (Å²) in [5.41, 5.74) is 1.24. The highest BCUT2D eigenvalue weighted by Crippen LogP contribution is 2.26. The molecule has 1 N–H and O–H groups in total. The molecule has 3 rings (SSSR count). The lowest BCUT2D eigenvalue weighted by atomic mass is 10.2. The molecule has 2 heterocycles. The van der Waals surface area contributed by atoms with E-state index >= 15 is 0 Å². The minimum absolute atomic E-state index is 0.270. The zero-order valence-electron chi connectivity index (χ0n) is 8.89. The molecule has 90 valence electrons. The van der Waals surface area contributed by atoms with Crippen LogP contribution in [0.1, 0.15) is 0 Å². The minimum atomic E-state index is 0.270. The highest BCUT2D eigenvalue weighted by atomic mass is 35.5. The van der Waals surface area contributed by atoms with Crippen LogP contribution in [0.3, 0.4) is 0 Å². The molecule has 0 saturated heterocycles. The summed E-state index contributed by atoms with van der Waals surface area (Å²) in [6.45, 7) is 0. The number of nitrogens with one attached hydrogen (secondary N) is 1. The molecule has 0 aliphatic carbocycles. The zero-order chi connectivity index (χ0) is 12.5. The number of nitrogens with zero attached hydrogens (tertiary/aromatic N) is 3. The normalized spacial score (nSPS) is 10.8. The van der Waals surface area contributed by atoms with E-state index in [1.807, 2.05) is 12.1 Å². The first-order valence-electron chi connectivity index (χ1n) is 5.03. The van der Waals surface area contributed by atoms with E-state index in [0.29, 0.717) is 21.6 Å². The molecule has 3 aromatic rings. The first kappa shape index (κ1) is 11.3. The average molecular weight is 281 g/mol. The van der Waals surface area contributed by atoms with Crippen molar-refractivity contribution in [3.8, 4) is 23.0 Å². The third kappa shape index (κ3) is 1.98. The highest BCUT2D eigenvalue weighted by Gasteiger charge is 2.15. The number of rotatable bonds is 2. The third-order valence-electron chi connectivity index (χ3n) is 2.32. The standard InChI is InChI=1S/C11H6Cl2N4O/c12-7-3-1-6(2-4-7)10-15-11(18-17-10)9-8(13)5-14-16-9/h1-5H,(H,14,16). The van der Waals surface area contributed by atoms with Crippen LogP contribution >= 0.6 is 23.2 Å². The van der Waals surface area contributed by atoms with Crippen molar-refractivity contribution < 1.29 is 4.52 Å². The van der Waals surface area contributed by atoms with Crippen LogP contribution in [0.5, 0.6) is 0 Å². The molecule has 0 saturated carbocycles. The number of halogens is 2. The predicted octanol–water partition coefficient (Wildman–Crippen LogP) is 3.43. The number of hydrogen-bond donors (Lipinski definition) is 1. The fraction of sp³-hybridized carbons (Fsp3) is 0.